The number of amides is 1. The van der Waals surface area contributed by atoms with E-state index in [2.05, 4.69) is 30.4 Å². The van der Waals surface area contributed by atoms with Gasteiger partial charge in [-0.2, -0.15) is 0 Å². The molecular weight excluding hydrogens is 415 g/mol. The lowest BCUT2D eigenvalue weighted by molar-refractivity contribution is -0.122. The molecule has 0 bridgehead atoms. The standard InChI is InChI=1S/C25H30ClFN2O2/c1-29(2)25(17-18-4-3-5-20(26)16-18)14-12-22(13-15-25)28-24(31)11-10-23(30)19-6-8-21(27)9-7-19/h3-9,16,22H,10-15,17H2,1-2H3,(H,28,31). The van der Waals surface area contributed by atoms with Crippen LogP contribution in [0.15, 0.2) is 48.5 Å². The van der Waals surface area contributed by atoms with Gasteiger partial charge in [-0.1, -0.05) is 23.7 Å². The highest BCUT2D eigenvalue weighted by Gasteiger charge is 2.37. The Morgan fingerprint density at radius 1 is 1.10 bits per heavy atom. The average molecular weight is 445 g/mol. The first-order chi connectivity index (χ1) is 14.8. The molecular formula is C25H30ClFN2O2. The van der Waals surface area contributed by atoms with E-state index in [4.69, 9.17) is 11.6 Å². The Labute approximate surface area is 188 Å². The van der Waals surface area contributed by atoms with Gasteiger partial charge in [0, 0.05) is 35.0 Å². The summed E-state index contributed by atoms with van der Waals surface area (Å²) in [6, 6.07) is 13.6. The fourth-order valence-corrected chi connectivity index (χ4v) is 4.63. The summed E-state index contributed by atoms with van der Waals surface area (Å²) in [4.78, 5) is 26.9. The fraction of sp³-hybridized carbons (Fsp3) is 0.440. The van der Waals surface area contributed by atoms with Crippen molar-refractivity contribution in [1.82, 2.24) is 10.2 Å². The molecule has 0 radical (unpaired) electrons. The minimum atomic E-state index is -0.379. The van der Waals surface area contributed by atoms with E-state index in [0.717, 1.165) is 37.1 Å². The maximum absolute atomic E-state index is 13.0. The predicted molar refractivity (Wildman–Crippen MR) is 122 cm³/mol. The Bertz CT molecular complexity index is 906. The van der Waals surface area contributed by atoms with Crippen molar-refractivity contribution in [1.29, 1.82) is 0 Å². The molecule has 1 amide bonds. The maximum atomic E-state index is 13.0. The lowest BCUT2D eigenvalue weighted by Crippen LogP contribution is -2.52. The summed E-state index contributed by atoms with van der Waals surface area (Å²) in [5.41, 5.74) is 1.71. The topological polar surface area (TPSA) is 49.4 Å². The van der Waals surface area contributed by atoms with Crippen molar-refractivity contribution in [3.05, 3.63) is 70.5 Å². The zero-order chi connectivity index (χ0) is 22.4. The molecule has 0 aliphatic heterocycles. The number of Topliss-reactive ketones (excluding diaryl/α,β-unsaturated/α-hetero) is 1. The smallest absolute Gasteiger partial charge is 0.220 e. The van der Waals surface area contributed by atoms with Crippen LogP contribution in [0, 0.1) is 5.82 Å². The predicted octanol–water partition coefficient (Wildman–Crippen LogP) is 5.04. The van der Waals surface area contributed by atoms with Gasteiger partial charge >= 0.3 is 0 Å². The summed E-state index contributed by atoms with van der Waals surface area (Å²) < 4.78 is 13.0. The Balaban J connectivity index is 1.49. The number of nitrogens with one attached hydrogen (secondary N) is 1. The average Bonchev–Trinajstić information content (AvgIpc) is 2.74. The Morgan fingerprint density at radius 3 is 2.39 bits per heavy atom. The van der Waals surface area contributed by atoms with Gasteiger partial charge in [0.25, 0.3) is 0 Å². The third kappa shape index (κ3) is 6.37. The summed E-state index contributed by atoms with van der Waals surface area (Å²) in [7, 11) is 4.23. The molecule has 2 aromatic carbocycles. The van der Waals surface area contributed by atoms with Crippen LogP contribution >= 0.6 is 11.6 Å². The molecule has 1 aliphatic carbocycles. The van der Waals surface area contributed by atoms with Gasteiger partial charge < -0.3 is 10.2 Å². The summed E-state index contributed by atoms with van der Waals surface area (Å²) in [6.45, 7) is 0. The highest BCUT2D eigenvalue weighted by Crippen LogP contribution is 2.36. The number of benzene rings is 2. The van der Waals surface area contributed by atoms with Gasteiger partial charge in [0.15, 0.2) is 5.78 Å². The number of hydrogen-bond acceptors (Lipinski definition) is 3. The number of rotatable bonds is 8. The lowest BCUT2D eigenvalue weighted by Gasteiger charge is -2.45. The summed E-state index contributed by atoms with van der Waals surface area (Å²) in [5.74, 6) is -0.629. The van der Waals surface area contributed by atoms with Gasteiger partial charge in [0.1, 0.15) is 5.82 Å². The quantitative estimate of drug-likeness (QED) is 0.580. The molecule has 0 heterocycles. The third-order valence-electron chi connectivity index (χ3n) is 6.40. The minimum absolute atomic E-state index is 0.0461. The molecule has 31 heavy (non-hydrogen) atoms. The van der Waals surface area contributed by atoms with E-state index in [1.807, 2.05) is 18.2 Å². The van der Waals surface area contributed by atoms with Gasteiger partial charge in [-0.25, -0.2) is 4.39 Å². The molecule has 166 valence electrons. The van der Waals surface area contributed by atoms with Crippen LogP contribution in [-0.2, 0) is 11.2 Å². The number of hydrogen-bond donors (Lipinski definition) is 1. The van der Waals surface area contributed by atoms with Crippen LogP contribution in [0.5, 0.6) is 0 Å². The first kappa shape index (κ1) is 23.4. The van der Waals surface area contributed by atoms with Crippen molar-refractivity contribution in [2.75, 3.05) is 14.1 Å². The van der Waals surface area contributed by atoms with Gasteiger partial charge in [-0.15, -0.1) is 0 Å². The Morgan fingerprint density at radius 2 is 1.77 bits per heavy atom. The molecule has 3 rings (SSSR count). The minimum Gasteiger partial charge on any atom is -0.353 e. The van der Waals surface area contributed by atoms with Crippen LogP contribution in [0.1, 0.15) is 54.4 Å². The van der Waals surface area contributed by atoms with Crippen LogP contribution in [0.25, 0.3) is 0 Å². The Kier molecular flexibility index (Phi) is 7.84. The van der Waals surface area contributed by atoms with Crippen molar-refractivity contribution in [2.24, 2.45) is 0 Å². The number of halogens is 2. The highest BCUT2D eigenvalue weighted by atomic mass is 35.5. The molecule has 1 fully saturated rings. The number of nitrogens with zero attached hydrogens (tertiary/aromatic N) is 1. The van der Waals surface area contributed by atoms with Crippen LogP contribution in [0.2, 0.25) is 5.02 Å². The molecule has 0 atom stereocenters. The van der Waals surface area contributed by atoms with E-state index in [9.17, 15) is 14.0 Å². The van der Waals surface area contributed by atoms with E-state index in [1.165, 1.54) is 29.8 Å². The van der Waals surface area contributed by atoms with Gasteiger partial charge in [-0.3, -0.25) is 9.59 Å². The normalized spacial score (nSPS) is 21.1. The molecule has 0 spiro atoms. The van der Waals surface area contributed by atoms with Crippen molar-refractivity contribution < 1.29 is 14.0 Å². The molecule has 0 aromatic heterocycles. The van der Waals surface area contributed by atoms with E-state index >= 15 is 0 Å². The van der Waals surface area contributed by atoms with E-state index < -0.39 is 0 Å². The molecule has 1 N–H and O–H groups in total. The van der Waals surface area contributed by atoms with Crippen LogP contribution in [0.4, 0.5) is 4.39 Å². The lowest BCUT2D eigenvalue weighted by atomic mass is 9.75. The second kappa shape index (κ2) is 10.4. The molecule has 4 nitrogen and oxygen atoms in total. The summed E-state index contributed by atoms with van der Waals surface area (Å²) in [5, 5.41) is 3.85. The third-order valence-corrected chi connectivity index (χ3v) is 6.63. The summed E-state index contributed by atoms with van der Waals surface area (Å²) in [6.07, 6.45) is 4.95. The van der Waals surface area contributed by atoms with E-state index in [0.29, 0.717) is 5.56 Å². The van der Waals surface area contributed by atoms with Crippen molar-refractivity contribution >= 4 is 23.3 Å². The van der Waals surface area contributed by atoms with Crippen LogP contribution in [0.3, 0.4) is 0 Å². The molecule has 1 saturated carbocycles. The van der Waals surface area contributed by atoms with E-state index in [-0.39, 0.29) is 41.9 Å². The Hall–Kier alpha value is -2.24. The second-order valence-corrected chi connectivity index (χ2v) is 9.13. The van der Waals surface area contributed by atoms with Crippen LogP contribution < -0.4 is 5.32 Å². The van der Waals surface area contributed by atoms with Crippen molar-refractivity contribution in [3.8, 4) is 0 Å². The summed E-state index contributed by atoms with van der Waals surface area (Å²) >= 11 is 6.16. The first-order valence-corrected chi connectivity index (χ1v) is 11.2. The molecule has 0 unspecified atom stereocenters. The van der Waals surface area contributed by atoms with Crippen molar-refractivity contribution in [2.45, 2.75) is 56.5 Å². The zero-order valence-electron chi connectivity index (χ0n) is 18.2. The molecule has 0 saturated heterocycles. The molecule has 2 aromatic rings. The van der Waals surface area contributed by atoms with Gasteiger partial charge in [0.05, 0.1) is 0 Å². The highest BCUT2D eigenvalue weighted by molar-refractivity contribution is 6.30. The van der Waals surface area contributed by atoms with E-state index in [1.54, 1.807) is 0 Å². The SMILES string of the molecule is CN(C)C1(Cc2cccc(Cl)c2)CCC(NC(=O)CCC(=O)c2ccc(F)cc2)CC1. The number of carbonyl (C=O) groups excluding carboxylic acids is 2. The first-order valence-electron chi connectivity index (χ1n) is 10.8. The largest absolute Gasteiger partial charge is 0.353 e. The number of ketones is 1. The van der Waals surface area contributed by atoms with Crippen molar-refractivity contribution in [3.63, 3.8) is 0 Å². The molecule has 1 aliphatic rings. The second-order valence-electron chi connectivity index (χ2n) is 8.70. The van der Waals surface area contributed by atoms with Gasteiger partial charge in [0.2, 0.25) is 5.91 Å². The zero-order valence-corrected chi connectivity index (χ0v) is 18.9. The number of carbonyl (C=O) groups is 2. The monoisotopic (exact) mass is 444 g/mol. The maximum Gasteiger partial charge on any atom is 0.220 e. The molecule has 6 heteroatoms. The van der Waals surface area contributed by atoms with Gasteiger partial charge in [-0.05, 0) is 88.2 Å². The fourth-order valence-electron chi connectivity index (χ4n) is 4.42. The number of likely N-dealkylation sites (N-methyl/N-ethyl adjacent to an activating group) is 1. The van der Waals surface area contributed by atoms with Crippen LogP contribution in [-0.4, -0.2) is 42.3 Å².